The van der Waals surface area contributed by atoms with Gasteiger partial charge < -0.3 is 15.3 Å². The summed E-state index contributed by atoms with van der Waals surface area (Å²) in [4.78, 5) is 25.1. The predicted molar refractivity (Wildman–Crippen MR) is 75.8 cm³/mol. The summed E-state index contributed by atoms with van der Waals surface area (Å²) in [6, 6.07) is 5.16. The smallest absolute Gasteiger partial charge is 0.331 e. The largest absolute Gasteiger partial charge is 0.479 e. The van der Waals surface area contributed by atoms with Gasteiger partial charge in [-0.05, 0) is 25.3 Å². The van der Waals surface area contributed by atoms with Crippen LogP contribution in [-0.4, -0.2) is 35.1 Å². The van der Waals surface area contributed by atoms with Crippen LogP contribution < -0.4 is 5.32 Å². The van der Waals surface area contributed by atoms with Crippen LogP contribution in [0, 0.1) is 0 Å². The Kier molecular flexibility index (Phi) is 4.84. The van der Waals surface area contributed by atoms with E-state index in [1.807, 2.05) is 0 Å². The zero-order chi connectivity index (χ0) is 14.5. The van der Waals surface area contributed by atoms with E-state index in [9.17, 15) is 14.7 Å². The molecule has 20 heavy (non-hydrogen) atoms. The summed E-state index contributed by atoms with van der Waals surface area (Å²) < 4.78 is 0. The third kappa shape index (κ3) is 3.42. The van der Waals surface area contributed by atoms with Crippen molar-refractivity contribution in [3.63, 3.8) is 0 Å². The molecule has 0 bridgehead atoms. The van der Waals surface area contributed by atoms with Crippen molar-refractivity contribution in [2.24, 2.45) is 0 Å². The Morgan fingerprint density at radius 2 is 1.85 bits per heavy atom. The summed E-state index contributed by atoms with van der Waals surface area (Å²) in [5.74, 6) is -1.12. The number of carboxylic acids is 1. The molecule has 1 fully saturated rings. The van der Waals surface area contributed by atoms with Crippen LogP contribution in [0.2, 0.25) is 5.02 Å². The fourth-order valence-corrected chi connectivity index (χ4v) is 2.54. The highest BCUT2D eigenvalue weighted by molar-refractivity contribution is 6.31. The molecule has 1 aliphatic rings. The first kappa shape index (κ1) is 14.7. The van der Waals surface area contributed by atoms with E-state index in [0.29, 0.717) is 23.7 Å². The molecule has 1 saturated heterocycles. The lowest BCUT2D eigenvalue weighted by Crippen LogP contribution is -2.45. The maximum absolute atomic E-state index is 12.1. The SMILES string of the molecule is O=C(O)[C@H](NC(=O)N1CCCCC1)c1ccccc1Cl. The average Bonchev–Trinajstić information content (AvgIpc) is 2.46. The second kappa shape index (κ2) is 6.61. The van der Waals surface area contributed by atoms with Crippen LogP contribution in [0.3, 0.4) is 0 Å². The molecule has 1 aromatic rings. The number of carboxylic acid groups (broad SMARTS) is 1. The first-order valence-electron chi connectivity index (χ1n) is 6.62. The number of carbonyl (C=O) groups is 2. The second-order valence-electron chi connectivity index (χ2n) is 4.79. The lowest BCUT2D eigenvalue weighted by atomic mass is 10.1. The number of amides is 2. The topological polar surface area (TPSA) is 69.6 Å². The molecule has 108 valence electrons. The zero-order valence-electron chi connectivity index (χ0n) is 11.0. The number of aliphatic carboxylic acids is 1. The van der Waals surface area contributed by atoms with E-state index in [4.69, 9.17) is 11.6 Å². The fourth-order valence-electron chi connectivity index (χ4n) is 2.29. The lowest BCUT2D eigenvalue weighted by Gasteiger charge is -2.28. The Hall–Kier alpha value is -1.75. The zero-order valence-corrected chi connectivity index (χ0v) is 11.8. The Morgan fingerprint density at radius 1 is 1.20 bits per heavy atom. The minimum Gasteiger partial charge on any atom is -0.479 e. The lowest BCUT2D eigenvalue weighted by molar-refractivity contribution is -0.139. The van der Waals surface area contributed by atoms with Gasteiger partial charge in [-0.1, -0.05) is 29.8 Å². The minimum atomic E-state index is -1.13. The van der Waals surface area contributed by atoms with E-state index < -0.39 is 12.0 Å². The Bertz CT molecular complexity index is 501. The van der Waals surface area contributed by atoms with E-state index in [-0.39, 0.29) is 6.03 Å². The van der Waals surface area contributed by atoms with Gasteiger partial charge >= 0.3 is 12.0 Å². The number of carbonyl (C=O) groups excluding carboxylic acids is 1. The van der Waals surface area contributed by atoms with Crippen molar-refractivity contribution in [1.29, 1.82) is 0 Å². The number of nitrogens with zero attached hydrogens (tertiary/aromatic N) is 1. The van der Waals surface area contributed by atoms with E-state index >= 15 is 0 Å². The number of nitrogens with one attached hydrogen (secondary N) is 1. The summed E-state index contributed by atoms with van der Waals surface area (Å²) in [6.45, 7) is 1.33. The molecule has 5 nitrogen and oxygen atoms in total. The van der Waals surface area contributed by atoms with Crippen LogP contribution in [0.15, 0.2) is 24.3 Å². The van der Waals surface area contributed by atoms with Crippen molar-refractivity contribution in [2.75, 3.05) is 13.1 Å². The molecule has 0 spiro atoms. The highest BCUT2D eigenvalue weighted by Crippen LogP contribution is 2.23. The third-order valence-corrected chi connectivity index (χ3v) is 3.72. The van der Waals surface area contributed by atoms with Crippen molar-refractivity contribution in [3.8, 4) is 0 Å². The van der Waals surface area contributed by atoms with Crippen molar-refractivity contribution < 1.29 is 14.7 Å². The molecule has 0 radical (unpaired) electrons. The van der Waals surface area contributed by atoms with Gasteiger partial charge in [-0.3, -0.25) is 0 Å². The van der Waals surface area contributed by atoms with Gasteiger partial charge in [-0.2, -0.15) is 0 Å². The van der Waals surface area contributed by atoms with Gasteiger partial charge in [0.1, 0.15) is 0 Å². The summed E-state index contributed by atoms with van der Waals surface area (Å²) in [5, 5.41) is 12.2. The van der Waals surface area contributed by atoms with E-state index in [2.05, 4.69) is 5.32 Å². The van der Waals surface area contributed by atoms with Crippen molar-refractivity contribution in [2.45, 2.75) is 25.3 Å². The van der Waals surface area contributed by atoms with Crippen LogP contribution >= 0.6 is 11.6 Å². The number of rotatable bonds is 3. The fraction of sp³-hybridized carbons (Fsp3) is 0.429. The van der Waals surface area contributed by atoms with Crippen molar-refractivity contribution in [3.05, 3.63) is 34.9 Å². The molecule has 0 aromatic heterocycles. The molecule has 1 aromatic carbocycles. The molecular weight excluding hydrogens is 280 g/mol. The van der Waals surface area contributed by atoms with E-state index in [0.717, 1.165) is 19.3 Å². The molecule has 2 amide bonds. The van der Waals surface area contributed by atoms with E-state index in [1.54, 1.807) is 29.2 Å². The van der Waals surface area contributed by atoms with Gasteiger partial charge in [0.25, 0.3) is 0 Å². The maximum Gasteiger partial charge on any atom is 0.331 e. The highest BCUT2D eigenvalue weighted by Gasteiger charge is 2.26. The molecular formula is C14H17ClN2O3. The maximum atomic E-state index is 12.1. The number of benzene rings is 1. The van der Waals surface area contributed by atoms with Gasteiger partial charge in [0.05, 0.1) is 0 Å². The van der Waals surface area contributed by atoms with Crippen LogP contribution in [0.4, 0.5) is 4.79 Å². The number of hydrogen-bond donors (Lipinski definition) is 2. The number of hydrogen-bond acceptors (Lipinski definition) is 2. The van der Waals surface area contributed by atoms with Crippen molar-refractivity contribution >= 4 is 23.6 Å². The summed E-state index contributed by atoms with van der Waals surface area (Å²) in [5.41, 5.74) is 0.395. The molecule has 2 N–H and O–H groups in total. The first-order valence-corrected chi connectivity index (χ1v) is 7.00. The predicted octanol–water partition coefficient (Wildman–Crippen LogP) is 2.66. The van der Waals surface area contributed by atoms with Gasteiger partial charge in [0, 0.05) is 23.7 Å². The molecule has 2 rings (SSSR count). The second-order valence-corrected chi connectivity index (χ2v) is 5.20. The number of piperidine rings is 1. The quantitative estimate of drug-likeness (QED) is 0.901. The monoisotopic (exact) mass is 296 g/mol. The molecule has 1 aliphatic heterocycles. The van der Waals surface area contributed by atoms with Gasteiger partial charge in [-0.15, -0.1) is 0 Å². The molecule has 6 heteroatoms. The summed E-state index contributed by atoms with van der Waals surface area (Å²) in [7, 11) is 0. The Morgan fingerprint density at radius 3 is 2.45 bits per heavy atom. The minimum absolute atomic E-state index is 0.332. The van der Waals surface area contributed by atoms with E-state index in [1.165, 1.54) is 0 Å². The number of urea groups is 1. The summed E-state index contributed by atoms with van der Waals surface area (Å²) in [6.07, 6.45) is 3.02. The van der Waals surface area contributed by atoms with Gasteiger partial charge in [0.15, 0.2) is 6.04 Å². The molecule has 0 unspecified atom stereocenters. The Balaban J connectivity index is 2.12. The van der Waals surface area contributed by atoms with Crippen LogP contribution in [0.25, 0.3) is 0 Å². The third-order valence-electron chi connectivity index (χ3n) is 3.37. The standard InChI is InChI=1S/C14H17ClN2O3/c15-11-7-3-2-6-10(11)12(13(18)19)16-14(20)17-8-4-1-5-9-17/h2-3,6-7,12H,1,4-5,8-9H2,(H,16,20)(H,18,19)/t12-/m1/s1. The van der Waals surface area contributed by atoms with Crippen LogP contribution in [0.5, 0.6) is 0 Å². The average molecular weight is 297 g/mol. The molecule has 0 saturated carbocycles. The number of likely N-dealkylation sites (tertiary alicyclic amines) is 1. The molecule has 1 heterocycles. The molecule has 1 atom stereocenters. The normalized spacial score (nSPS) is 16.6. The van der Waals surface area contributed by atoms with Crippen LogP contribution in [0.1, 0.15) is 30.9 Å². The van der Waals surface area contributed by atoms with Gasteiger partial charge in [0.2, 0.25) is 0 Å². The Labute approximate surface area is 122 Å². The van der Waals surface area contributed by atoms with Crippen LogP contribution in [-0.2, 0) is 4.79 Å². The number of halogens is 1. The molecule has 0 aliphatic carbocycles. The summed E-state index contributed by atoms with van der Waals surface area (Å²) >= 11 is 6.00. The first-order chi connectivity index (χ1) is 9.59. The highest BCUT2D eigenvalue weighted by atomic mass is 35.5. The van der Waals surface area contributed by atoms with Crippen molar-refractivity contribution in [1.82, 2.24) is 10.2 Å². The van der Waals surface area contributed by atoms with Gasteiger partial charge in [-0.25, -0.2) is 9.59 Å².